The van der Waals surface area contributed by atoms with E-state index >= 15 is 0 Å². The number of amides is 1. The van der Waals surface area contributed by atoms with Crippen LogP contribution >= 0.6 is 0 Å². The van der Waals surface area contributed by atoms with Gasteiger partial charge in [0.15, 0.2) is 0 Å². The number of para-hydroxylation sites is 1. The summed E-state index contributed by atoms with van der Waals surface area (Å²) < 4.78 is 0. The summed E-state index contributed by atoms with van der Waals surface area (Å²) in [5.74, 6) is 0.752. The summed E-state index contributed by atoms with van der Waals surface area (Å²) in [4.78, 5) is 11.7. The smallest absolute Gasteiger partial charge is 0.241 e. The molecule has 3 N–H and O–H groups in total. The predicted octanol–water partition coefficient (Wildman–Crippen LogP) is 2.14. The molecule has 0 aliphatic heterocycles. The van der Waals surface area contributed by atoms with Crippen molar-refractivity contribution >= 4 is 11.6 Å². The fraction of sp³-hybridized carbons (Fsp3) is 0.462. The first-order valence-corrected chi connectivity index (χ1v) is 5.87. The summed E-state index contributed by atoms with van der Waals surface area (Å²) in [6.45, 7) is 0. The SMILES string of the molecule is NC(CCC1CC1)C(=O)Nc1ccccc1. The molecule has 0 heterocycles. The Kier molecular flexibility index (Phi) is 3.57. The van der Waals surface area contributed by atoms with Crippen LogP contribution in [0.15, 0.2) is 30.3 Å². The minimum atomic E-state index is -0.374. The Morgan fingerprint density at radius 3 is 2.69 bits per heavy atom. The minimum absolute atomic E-state index is 0.0770. The summed E-state index contributed by atoms with van der Waals surface area (Å²) in [5, 5.41) is 2.82. The van der Waals surface area contributed by atoms with Crippen LogP contribution in [0.2, 0.25) is 0 Å². The van der Waals surface area contributed by atoms with Crippen LogP contribution < -0.4 is 11.1 Å². The van der Waals surface area contributed by atoms with Crippen molar-refractivity contribution in [3.63, 3.8) is 0 Å². The van der Waals surface area contributed by atoms with Crippen LogP contribution in [0.5, 0.6) is 0 Å². The minimum Gasteiger partial charge on any atom is -0.325 e. The van der Waals surface area contributed by atoms with Crippen molar-refractivity contribution in [2.24, 2.45) is 11.7 Å². The van der Waals surface area contributed by atoms with Gasteiger partial charge in [-0.1, -0.05) is 31.0 Å². The fourth-order valence-corrected chi connectivity index (χ4v) is 1.71. The lowest BCUT2D eigenvalue weighted by molar-refractivity contribution is -0.117. The van der Waals surface area contributed by atoms with Crippen molar-refractivity contribution in [2.75, 3.05) is 5.32 Å². The molecule has 0 spiro atoms. The zero-order valence-electron chi connectivity index (χ0n) is 9.36. The summed E-state index contributed by atoms with van der Waals surface area (Å²) in [6, 6.07) is 9.07. The van der Waals surface area contributed by atoms with Gasteiger partial charge in [0.2, 0.25) is 5.91 Å². The van der Waals surface area contributed by atoms with Crippen molar-refractivity contribution in [1.82, 2.24) is 0 Å². The van der Waals surface area contributed by atoms with Gasteiger partial charge in [-0.05, 0) is 30.9 Å². The summed E-state index contributed by atoms with van der Waals surface area (Å²) >= 11 is 0. The number of rotatable bonds is 5. The molecule has 2 rings (SSSR count). The molecule has 1 saturated carbocycles. The normalized spacial score (nSPS) is 16.8. The van der Waals surface area contributed by atoms with Crippen molar-refractivity contribution in [3.05, 3.63) is 30.3 Å². The zero-order valence-corrected chi connectivity index (χ0v) is 9.36. The van der Waals surface area contributed by atoms with Gasteiger partial charge >= 0.3 is 0 Å². The van der Waals surface area contributed by atoms with E-state index in [-0.39, 0.29) is 11.9 Å². The summed E-state index contributed by atoms with van der Waals surface area (Å²) in [6.07, 6.45) is 4.51. The molecule has 86 valence electrons. The van der Waals surface area contributed by atoms with Crippen LogP contribution in [0, 0.1) is 5.92 Å². The molecule has 1 amide bonds. The average Bonchev–Trinajstić information content (AvgIpc) is 3.11. The molecule has 3 nitrogen and oxygen atoms in total. The molecule has 0 aromatic heterocycles. The van der Waals surface area contributed by atoms with Gasteiger partial charge in [-0.2, -0.15) is 0 Å². The second-order valence-corrected chi connectivity index (χ2v) is 4.48. The molecule has 1 aliphatic rings. The van der Waals surface area contributed by atoms with E-state index in [4.69, 9.17) is 5.73 Å². The molecule has 1 aromatic rings. The summed E-state index contributed by atoms with van der Waals surface area (Å²) in [5.41, 5.74) is 6.64. The number of anilines is 1. The molecule has 1 fully saturated rings. The molecular weight excluding hydrogens is 200 g/mol. The highest BCUT2D eigenvalue weighted by atomic mass is 16.2. The molecule has 1 atom stereocenters. The van der Waals surface area contributed by atoms with E-state index in [0.717, 1.165) is 24.4 Å². The number of hydrogen-bond donors (Lipinski definition) is 2. The third kappa shape index (κ3) is 3.35. The van der Waals surface area contributed by atoms with Crippen molar-refractivity contribution in [1.29, 1.82) is 0 Å². The van der Waals surface area contributed by atoms with E-state index in [9.17, 15) is 4.79 Å². The highest BCUT2D eigenvalue weighted by molar-refractivity contribution is 5.94. The third-order valence-corrected chi connectivity index (χ3v) is 2.96. The van der Waals surface area contributed by atoms with Crippen LogP contribution in [-0.4, -0.2) is 11.9 Å². The van der Waals surface area contributed by atoms with E-state index in [0.29, 0.717) is 0 Å². The van der Waals surface area contributed by atoms with Crippen LogP contribution in [0.1, 0.15) is 25.7 Å². The van der Waals surface area contributed by atoms with Crippen LogP contribution in [0.4, 0.5) is 5.69 Å². The standard InChI is InChI=1S/C13H18N2O/c14-12(9-8-10-6-7-10)13(16)15-11-4-2-1-3-5-11/h1-5,10,12H,6-9,14H2,(H,15,16). The van der Waals surface area contributed by atoms with Gasteiger partial charge in [0.25, 0.3) is 0 Å². The van der Waals surface area contributed by atoms with E-state index in [1.807, 2.05) is 30.3 Å². The fourth-order valence-electron chi connectivity index (χ4n) is 1.71. The average molecular weight is 218 g/mol. The number of carbonyl (C=O) groups is 1. The maximum Gasteiger partial charge on any atom is 0.241 e. The Hall–Kier alpha value is -1.35. The topological polar surface area (TPSA) is 55.1 Å². The maximum atomic E-state index is 11.7. The molecule has 1 unspecified atom stereocenters. The van der Waals surface area contributed by atoms with Gasteiger partial charge in [0, 0.05) is 5.69 Å². The maximum absolute atomic E-state index is 11.7. The van der Waals surface area contributed by atoms with Crippen LogP contribution in [0.3, 0.4) is 0 Å². The van der Waals surface area contributed by atoms with Crippen molar-refractivity contribution in [2.45, 2.75) is 31.7 Å². The van der Waals surface area contributed by atoms with Crippen molar-refractivity contribution in [3.8, 4) is 0 Å². The van der Waals surface area contributed by atoms with Crippen LogP contribution in [-0.2, 0) is 4.79 Å². The van der Waals surface area contributed by atoms with E-state index in [1.54, 1.807) is 0 Å². The van der Waals surface area contributed by atoms with E-state index in [1.165, 1.54) is 12.8 Å². The first-order chi connectivity index (χ1) is 7.75. The molecule has 1 aromatic carbocycles. The monoisotopic (exact) mass is 218 g/mol. The molecular formula is C13H18N2O. The van der Waals surface area contributed by atoms with Crippen molar-refractivity contribution < 1.29 is 4.79 Å². The first-order valence-electron chi connectivity index (χ1n) is 5.87. The second-order valence-electron chi connectivity index (χ2n) is 4.48. The zero-order chi connectivity index (χ0) is 11.4. The largest absolute Gasteiger partial charge is 0.325 e. The quantitative estimate of drug-likeness (QED) is 0.795. The van der Waals surface area contributed by atoms with Gasteiger partial charge in [-0.3, -0.25) is 4.79 Å². The van der Waals surface area contributed by atoms with E-state index in [2.05, 4.69) is 5.32 Å². The molecule has 0 radical (unpaired) electrons. The number of benzene rings is 1. The third-order valence-electron chi connectivity index (χ3n) is 2.96. The lowest BCUT2D eigenvalue weighted by Crippen LogP contribution is -2.35. The number of nitrogens with two attached hydrogens (primary N) is 1. The summed E-state index contributed by atoms with van der Waals surface area (Å²) in [7, 11) is 0. The Morgan fingerprint density at radius 2 is 2.06 bits per heavy atom. The molecule has 1 aliphatic carbocycles. The Labute approximate surface area is 96.0 Å². The lowest BCUT2D eigenvalue weighted by atomic mass is 10.1. The van der Waals surface area contributed by atoms with Gasteiger partial charge < -0.3 is 11.1 Å². The Morgan fingerprint density at radius 1 is 1.38 bits per heavy atom. The molecule has 3 heteroatoms. The van der Waals surface area contributed by atoms with E-state index < -0.39 is 0 Å². The van der Waals surface area contributed by atoms with Crippen LogP contribution in [0.25, 0.3) is 0 Å². The Bertz CT molecular complexity index is 346. The lowest BCUT2D eigenvalue weighted by Gasteiger charge is -2.11. The Balaban J connectivity index is 1.77. The first kappa shape index (κ1) is 11.1. The van der Waals surface area contributed by atoms with Gasteiger partial charge in [0.05, 0.1) is 6.04 Å². The van der Waals surface area contributed by atoms with Gasteiger partial charge in [0.1, 0.15) is 0 Å². The number of carbonyl (C=O) groups excluding carboxylic acids is 1. The highest BCUT2D eigenvalue weighted by Gasteiger charge is 2.23. The number of nitrogens with one attached hydrogen (secondary N) is 1. The molecule has 0 saturated heterocycles. The molecule has 16 heavy (non-hydrogen) atoms. The second kappa shape index (κ2) is 5.12. The van der Waals surface area contributed by atoms with Gasteiger partial charge in [-0.25, -0.2) is 0 Å². The highest BCUT2D eigenvalue weighted by Crippen LogP contribution is 2.33. The molecule has 0 bridgehead atoms. The van der Waals surface area contributed by atoms with Gasteiger partial charge in [-0.15, -0.1) is 0 Å². The number of hydrogen-bond acceptors (Lipinski definition) is 2. The predicted molar refractivity (Wildman–Crippen MR) is 65.0 cm³/mol.